The van der Waals surface area contributed by atoms with Crippen LogP contribution in [0.25, 0.3) is 5.65 Å². The van der Waals surface area contributed by atoms with Gasteiger partial charge < -0.3 is 14.8 Å². The fourth-order valence-corrected chi connectivity index (χ4v) is 1.86. The van der Waals surface area contributed by atoms with Crippen molar-refractivity contribution >= 4 is 23.2 Å². The van der Waals surface area contributed by atoms with Crippen LogP contribution in [0.4, 0.5) is 5.69 Å². The Morgan fingerprint density at radius 1 is 1.19 bits per heavy atom. The van der Waals surface area contributed by atoms with Gasteiger partial charge in [0.1, 0.15) is 17.0 Å². The average molecular weight is 282 g/mol. The van der Waals surface area contributed by atoms with Crippen LogP contribution in [0.2, 0.25) is 0 Å². The van der Waals surface area contributed by atoms with Gasteiger partial charge in [0.05, 0.1) is 0 Å². The first kappa shape index (κ1) is 12.8. The van der Waals surface area contributed by atoms with Crippen molar-refractivity contribution in [3.63, 3.8) is 0 Å². The van der Waals surface area contributed by atoms with Gasteiger partial charge in [0.2, 0.25) is 0 Å². The first-order valence-electron chi connectivity index (χ1n) is 6.08. The van der Waals surface area contributed by atoms with Crippen LogP contribution in [-0.4, -0.2) is 31.4 Å². The second kappa shape index (κ2) is 5.04. The van der Waals surface area contributed by atoms with E-state index >= 15 is 0 Å². The quantitative estimate of drug-likeness (QED) is 0.761. The molecule has 7 heteroatoms. The standard InChI is InChI=1S/C14H10N4O3/c19-13(11-8-18-6-2-1-3-12(18)17-11)16-9-4-5-15-10(7-9)14(20)21/h1-8H,(H,20,21)(H,15,16,19). The fourth-order valence-electron chi connectivity index (χ4n) is 1.86. The third kappa shape index (κ3) is 2.57. The molecule has 3 heterocycles. The summed E-state index contributed by atoms with van der Waals surface area (Å²) >= 11 is 0. The lowest BCUT2D eigenvalue weighted by Crippen LogP contribution is -2.13. The Kier molecular flexibility index (Phi) is 3.07. The first-order chi connectivity index (χ1) is 10.1. The van der Waals surface area contributed by atoms with Crippen LogP contribution in [-0.2, 0) is 0 Å². The Morgan fingerprint density at radius 2 is 2.05 bits per heavy atom. The van der Waals surface area contributed by atoms with Crippen LogP contribution in [0.15, 0.2) is 48.9 Å². The first-order valence-corrected chi connectivity index (χ1v) is 6.08. The number of nitrogens with one attached hydrogen (secondary N) is 1. The van der Waals surface area contributed by atoms with E-state index in [1.165, 1.54) is 18.3 Å². The summed E-state index contributed by atoms with van der Waals surface area (Å²) in [6.07, 6.45) is 4.71. The Hall–Kier alpha value is -3.22. The molecule has 0 aliphatic heterocycles. The van der Waals surface area contributed by atoms with Crippen molar-refractivity contribution in [2.75, 3.05) is 5.32 Å². The molecule has 0 saturated carbocycles. The summed E-state index contributed by atoms with van der Waals surface area (Å²) in [5.74, 6) is -1.57. The lowest BCUT2D eigenvalue weighted by atomic mass is 10.3. The van der Waals surface area contributed by atoms with Crippen LogP contribution in [0.5, 0.6) is 0 Å². The van der Waals surface area contributed by atoms with Crippen LogP contribution in [0.1, 0.15) is 21.0 Å². The van der Waals surface area contributed by atoms with Gasteiger partial charge in [0.25, 0.3) is 5.91 Å². The van der Waals surface area contributed by atoms with Crippen LogP contribution < -0.4 is 5.32 Å². The third-order valence-electron chi connectivity index (χ3n) is 2.83. The predicted octanol–water partition coefficient (Wildman–Crippen LogP) is 1.68. The minimum Gasteiger partial charge on any atom is -0.477 e. The van der Waals surface area contributed by atoms with Crippen LogP contribution in [0, 0.1) is 0 Å². The van der Waals surface area contributed by atoms with E-state index in [-0.39, 0.29) is 11.4 Å². The number of amides is 1. The highest BCUT2D eigenvalue weighted by Crippen LogP contribution is 2.11. The van der Waals surface area contributed by atoms with Crippen LogP contribution >= 0.6 is 0 Å². The molecular formula is C14H10N4O3. The predicted molar refractivity (Wildman–Crippen MR) is 74.3 cm³/mol. The van der Waals surface area contributed by atoms with Crippen molar-refractivity contribution in [2.24, 2.45) is 0 Å². The van der Waals surface area contributed by atoms with Gasteiger partial charge in [-0.05, 0) is 24.3 Å². The van der Waals surface area contributed by atoms with Crippen molar-refractivity contribution in [3.05, 3.63) is 60.3 Å². The number of carboxylic acids is 1. The Bertz CT molecular complexity index is 808. The molecule has 1 amide bonds. The summed E-state index contributed by atoms with van der Waals surface area (Å²) in [5.41, 5.74) is 1.12. The van der Waals surface area contributed by atoms with Gasteiger partial charge in [-0.2, -0.15) is 0 Å². The molecule has 2 N–H and O–H groups in total. The van der Waals surface area contributed by atoms with Gasteiger partial charge in [-0.25, -0.2) is 14.8 Å². The number of anilines is 1. The largest absolute Gasteiger partial charge is 0.477 e. The molecular weight excluding hydrogens is 272 g/mol. The molecule has 3 aromatic rings. The fraction of sp³-hybridized carbons (Fsp3) is 0. The zero-order valence-corrected chi connectivity index (χ0v) is 10.7. The lowest BCUT2D eigenvalue weighted by molar-refractivity contribution is 0.0690. The minimum atomic E-state index is -1.15. The zero-order valence-electron chi connectivity index (χ0n) is 10.7. The molecule has 0 aliphatic carbocycles. The normalized spacial score (nSPS) is 10.5. The number of imidazole rings is 1. The van der Waals surface area contributed by atoms with Gasteiger partial charge in [-0.15, -0.1) is 0 Å². The van der Waals surface area contributed by atoms with E-state index in [1.54, 1.807) is 22.9 Å². The number of carbonyl (C=O) groups is 2. The number of carbonyl (C=O) groups excluding carboxylic acids is 1. The van der Waals surface area contributed by atoms with Crippen molar-refractivity contribution in [1.82, 2.24) is 14.4 Å². The number of hydrogen-bond donors (Lipinski definition) is 2. The second-order valence-corrected chi connectivity index (χ2v) is 4.28. The molecule has 21 heavy (non-hydrogen) atoms. The lowest BCUT2D eigenvalue weighted by Gasteiger charge is -2.03. The Balaban J connectivity index is 1.85. The highest BCUT2D eigenvalue weighted by Gasteiger charge is 2.12. The maximum absolute atomic E-state index is 12.1. The molecule has 0 radical (unpaired) electrons. The highest BCUT2D eigenvalue weighted by molar-refractivity contribution is 6.03. The number of pyridine rings is 2. The molecule has 0 spiro atoms. The van der Waals surface area contributed by atoms with E-state index in [1.807, 2.05) is 12.1 Å². The van der Waals surface area contributed by atoms with E-state index in [0.29, 0.717) is 11.3 Å². The van der Waals surface area contributed by atoms with Crippen molar-refractivity contribution in [3.8, 4) is 0 Å². The molecule has 3 rings (SSSR count). The summed E-state index contributed by atoms with van der Waals surface area (Å²) in [6.45, 7) is 0. The molecule has 0 unspecified atom stereocenters. The van der Waals surface area contributed by atoms with Gasteiger partial charge in [0, 0.05) is 24.3 Å². The third-order valence-corrected chi connectivity index (χ3v) is 2.83. The van der Waals surface area contributed by atoms with E-state index in [9.17, 15) is 9.59 Å². The summed E-state index contributed by atoms with van der Waals surface area (Å²) < 4.78 is 1.73. The number of rotatable bonds is 3. The number of carboxylic acid groups (broad SMARTS) is 1. The average Bonchev–Trinajstić information content (AvgIpc) is 2.91. The highest BCUT2D eigenvalue weighted by atomic mass is 16.4. The summed E-state index contributed by atoms with van der Waals surface area (Å²) in [4.78, 5) is 30.8. The molecule has 0 aromatic carbocycles. The molecule has 0 bridgehead atoms. The Morgan fingerprint density at radius 3 is 2.81 bits per heavy atom. The summed E-state index contributed by atoms with van der Waals surface area (Å²) in [7, 11) is 0. The smallest absolute Gasteiger partial charge is 0.354 e. The number of nitrogens with zero attached hydrogens (tertiary/aromatic N) is 3. The molecule has 0 fully saturated rings. The molecule has 3 aromatic heterocycles. The number of hydrogen-bond acceptors (Lipinski definition) is 4. The number of aromatic carboxylic acids is 1. The number of fused-ring (bicyclic) bond motifs is 1. The molecule has 104 valence electrons. The molecule has 0 aliphatic rings. The van der Waals surface area contributed by atoms with Crippen LogP contribution in [0.3, 0.4) is 0 Å². The second-order valence-electron chi connectivity index (χ2n) is 4.28. The van der Waals surface area contributed by atoms with Crippen molar-refractivity contribution in [1.29, 1.82) is 0 Å². The molecule has 0 saturated heterocycles. The van der Waals surface area contributed by atoms with E-state index in [4.69, 9.17) is 5.11 Å². The number of aromatic nitrogens is 3. The SMILES string of the molecule is O=C(O)c1cc(NC(=O)c2cn3ccccc3n2)ccn1. The zero-order chi connectivity index (χ0) is 14.8. The minimum absolute atomic E-state index is 0.136. The van der Waals surface area contributed by atoms with Gasteiger partial charge in [0.15, 0.2) is 0 Å². The maximum Gasteiger partial charge on any atom is 0.354 e. The maximum atomic E-state index is 12.1. The van der Waals surface area contributed by atoms with E-state index < -0.39 is 11.9 Å². The van der Waals surface area contributed by atoms with Crippen molar-refractivity contribution in [2.45, 2.75) is 0 Å². The van der Waals surface area contributed by atoms with Crippen molar-refractivity contribution < 1.29 is 14.7 Å². The Labute approximate surface area is 118 Å². The summed E-state index contributed by atoms with van der Waals surface area (Å²) in [6, 6.07) is 8.24. The topological polar surface area (TPSA) is 96.6 Å². The molecule has 7 nitrogen and oxygen atoms in total. The van der Waals surface area contributed by atoms with Gasteiger partial charge >= 0.3 is 5.97 Å². The van der Waals surface area contributed by atoms with Gasteiger partial charge in [-0.3, -0.25) is 4.79 Å². The van der Waals surface area contributed by atoms with Gasteiger partial charge in [-0.1, -0.05) is 6.07 Å². The monoisotopic (exact) mass is 282 g/mol. The summed E-state index contributed by atoms with van der Waals surface area (Å²) in [5, 5.41) is 11.5. The van der Waals surface area contributed by atoms with E-state index in [2.05, 4.69) is 15.3 Å². The van der Waals surface area contributed by atoms with E-state index in [0.717, 1.165) is 0 Å². The molecule has 0 atom stereocenters.